The molecule has 0 aliphatic carbocycles. The van der Waals surface area contributed by atoms with Crippen molar-refractivity contribution in [2.24, 2.45) is 0 Å². The molecular weight excluding hydrogens is 395 g/mol. The molecule has 3 rings (SSSR count). The first-order chi connectivity index (χ1) is 9.04. The van der Waals surface area contributed by atoms with Crippen LogP contribution in [0.2, 0.25) is 0 Å². The maximum absolute atomic E-state index is 13.2. The topological polar surface area (TPSA) is 38.9 Å². The minimum absolute atomic E-state index is 0.248. The summed E-state index contributed by atoms with van der Waals surface area (Å²) in [6.07, 6.45) is 0. The molecule has 0 bridgehead atoms. The first-order valence-electron chi connectivity index (χ1n) is 5.35. The summed E-state index contributed by atoms with van der Waals surface area (Å²) in [6.45, 7) is 0. The molecule has 1 aromatic heterocycles. The third-order valence-corrected chi connectivity index (χ3v) is 5.06. The molecule has 6 heteroatoms. The second-order valence-corrected chi connectivity index (χ2v) is 6.72. The number of nitrogens with two attached hydrogens (primary N) is 1. The van der Waals surface area contributed by atoms with Crippen LogP contribution in [0.15, 0.2) is 39.3 Å². The highest BCUT2D eigenvalue weighted by atomic mass is 79.9. The van der Waals surface area contributed by atoms with Gasteiger partial charge in [-0.2, -0.15) is 0 Å². The number of nitrogens with zero attached hydrogens (tertiary/aromatic N) is 1. The average molecular weight is 402 g/mol. The lowest BCUT2D eigenvalue weighted by Crippen LogP contribution is -1.89. The van der Waals surface area contributed by atoms with Crippen LogP contribution in [0.4, 0.5) is 10.1 Å². The molecule has 2 nitrogen and oxygen atoms in total. The molecule has 0 amide bonds. The van der Waals surface area contributed by atoms with Crippen LogP contribution in [0.3, 0.4) is 0 Å². The van der Waals surface area contributed by atoms with Gasteiger partial charge >= 0.3 is 0 Å². The summed E-state index contributed by atoms with van der Waals surface area (Å²) >= 11 is 8.28. The van der Waals surface area contributed by atoms with E-state index in [9.17, 15) is 4.39 Å². The van der Waals surface area contributed by atoms with E-state index in [2.05, 4.69) is 36.8 Å². The van der Waals surface area contributed by atoms with Crippen molar-refractivity contribution in [1.82, 2.24) is 4.98 Å². The first kappa shape index (κ1) is 13.0. The molecule has 0 aliphatic rings. The highest BCUT2D eigenvalue weighted by Crippen LogP contribution is 2.37. The van der Waals surface area contributed by atoms with E-state index < -0.39 is 0 Å². The molecule has 0 radical (unpaired) electrons. The highest BCUT2D eigenvalue weighted by Gasteiger charge is 2.10. The summed E-state index contributed by atoms with van der Waals surface area (Å²) in [5, 5.41) is 0.835. The third kappa shape index (κ3) is 2.40. The molecule has 0 fully saturated rings. The Kier molecular flexibility index (Phi) is 3.32. The lowest BCUT2D eigenvalue weighted by molar-refractivity contribution is 0.630. The fraction of sp³-hybridized carbons (Fsp3) is 0. The van der Waals surface area contributed by atoms with Gasteiger partial charge in [-0.3, -0.25) is 0 Å². The van der Waals surface area contributed by atoms with Crippen molar-refractivity contribution in [3.05, 3.63) is 45.1 Å². The summed E-state index contributed by atoms with van der Waals surface area (Å²) < 4.78 is 15.6. The summed E-state index contributed by atoms with van der Waals surface area (Å²) in [5.41, 5.74) is 8.25. The fourth-order valence-corrected chi connectivity index (χ4v) is 3.89. The molecule has 3 aromatic rings. The van der Waals surface area contributed by atoms with Crippen molar-refractivity contribution in [3.8, 4) is 10.6 Å². The molecule has 0 atom stereocenters. The Hall–Kier alpha value is -0.980. The zero-order chi connectivity index (χ0) is 13.6. The molecule has 0 saturated carbocycles. The smallest absolute Gasteiger partial charge is 0.124 e. The van der Waals surface area contributed by atoms with E-state index in [1.54, 1.807) is 6.07 Å². The third-order valence-electron chi connectivity index (χ3n) is 2.68. The fourth-order valence-electron chi connectivity index (χ4n) is 1.73. The molecule has 0 spiro atoms. The number of thiazole rings is 1. The zero-order valence-corrected chi connectivity index (χ0v) is 13.4. The standard InChI is InChI=1S/C13H7Br2FN2S/c14-8-3-6(4-9(15)12(8)17)13-18-10-2-1-7(16)5-11(10)19-13/h1-5H,17H2. The minimum Gasteiger partial charge on any atom is -0.397 e. The largest absolute Gasteiger partial charge is 0.397 e. The van der Waals surface area contributed by atoms with Crippen LogP contribution in [0, 0.1) is 5.82 Å². The van der Waals surface area contributed by atoms with Crippen LogP contribution in [-0.4, -0.2) is 4.98 Å². The van der Waals surface area contributed by atoms with Crippen molar-refractivity contribution in [2.45, 2.75) is 0 Å². The van der Waals surface area contributed by atoms with Gasteiger partial charge < -0.3 is 5.73 Å². The molecule has 0 aliphatic heterocycles. The first-order valence-corrected chi connectivity index (χ1v) is 7.76. The van der Waals surface area contributed by atoms with Gasteiger partial charge in [0, 0.05) is 14.5 Å². The maximum Gasteiger partial charge on any atom is 0.124 e. The summed E-state index contributed by atoms with van der Waals surface area (Å²) in [4.78, 5) is 4.51. The zero-order valence-electron chi connectivity index (χ0n) is 9.45. The number of benzene rings is 2. The predicted molar refractivity (Wildman–Crippen MR) is 84.8 cm³/mol. The van der Waals surface area contributed by atoms with Gasteiger partial charge in [-0.15, -0.1) is 11.3 Å². The lowest BCUT2D eigenvalue weighted by atomic mass is 10.2. The van der Waals surface area contributed by atoms with Crippen molar-refractivity contribution in [2.75, 3.05) is 5.73 Å². The highest BCUT2D eigenvalue weighted by molar-refractivity contribution is 9.11. The average Bonchev–Trinajstić information content (AvgIpc) is 2.78. The number of rotatable bonds is 1. The van der Waals surface area contributed by atoms with Crippen LogP contribution in [0.25, 0.3) is 20.8 Å². The molecule has 2 aromatic carbocycles. The Balaban J connectivity index is 2.19. The second kappa shape index (κ2) is 4.85. The molecule has 19 heavy (non-hydrogen) atoms. The van der Waals surface area contributed by atoms with Crippen molar-refractivity contribution in [1.29, 1.82) is 0 Å². The maximum atomic E-state index is 13.2. The van der Waals surface area contributed by atoms with E-state index in [1.807, 2.05) is 12.1 Å². The number of halogens is 3. The number of hydrogen-bond donors (Lipinski definition) is 1. The lowest BCUT2D eigenvalue weighted by Gasteiger charge is -2.04. The predicted octanol–water partition coefficient (Wildman–Crippen LogP) is 5.21. The number of anilines is 1. The summed E-state index contributed by atoms with van der Waals surface area (Å²) in [6, 6.07) is 8.42. The normalized spacial score (nSPS) is 11.1. The van der Waals surface area contributed by atoms with Crippen LogP contribution in [-0.2, 0) is 0 Å². The van der Waals surface area contributed by atoms with Gasteiger partial charge in [-0.1, -0.05) is 0 Å². The van der Waals surface area contributed by atoms with E-state index in [0.29, 0.717) is 5.69 Å². The van der Waals surface area contributed by atoms with E-state index in [1.165, 1.54) is 23.5 Å². The van der Waals surface area contributed by atoms with E-state index >= 15 is 0 Å². The van der Waals surface area contributed by atoms with Crippen molar-refractivity contribution < 1.29 is 4.39 Å². The molecule has 1 heterocycles. The molecule has 96 valence electrons. The number of fused-ring (bicyclic) bond motifs is 1. The number of aromatic nitrogens is 1. The van der Waals surface area contributed by atoms with Crippen LogP contribution in [0.1, 0.15) is 0 Å². The van der Waals surface area contributed by atoms with Gasteiger partial charge in [0.05, 0.1) is 15.9 Å². The Morgan fingerprint density at radius 1 is 1.11 bits per heavy atom. The summed E-state index contributed by atoms with van der Waals surface area (Å²) in [5.74, 6) is -0.248. The van der Waals surface area contributed by atoms with Gasteiger partial charge in [-0.05, 0) is 62.2 Å². The van der Waals surface area contributed by atoms with Crippen LogP contribution < -0.4 is 5.73 Å². The van der Waals surface area contributed by atoms with E-state index in [0.717, 1.165) is 29.7 Å². The van der Waals surface area contributed by atoms with Gasteiger partial charge in [0.25, 0.3) is 0 Å². The quantitative estimate of drug-likeness (QED) is 0.568. The van der Waals surface area contributed by atoms with Gasteiger partial charge in [0.1, 0.15) is 10.8 Å². The van der Waals surface area contributed by atoms with E-state index in [-0.39, 0.29) is 5.82 Å². The second-order valence-electron chi connectivity index (χ2n) is 3.98. The number of hydrogen-bond acceptors (Lipinski definition) is 3. The number of nitrogen functional groups attached to an aromatic ring is 1. The molecule has 0 saturated heterocycles. The van der Waals surface area contributed by atoms with Gasteiger partial charge in [0.15, 0.2) is 0 Å². The Bertz CT molecular complexity index is 762. The monoisotopic (exact) mass is 400 g/mol. The van der Waals surface area contributed by atoms with Gasteiger partial charge in [0.2, 0.25) is 0 Å². The van der Waals surface area contributed by atoms with Crippen molar-refractivity contribution in [3.63, 3.8) is 0 Å². The Morgan fingerprint density at radius 3 is 2.47 bits per heavy atom. The Morgan fingerprint density at radius 2 is 1.79 bits per heavy atom. The SMILES string of the molecule is Nc1c(Br)cc(-c2nc3ccc(F)cc3s2)cc1Br. The molecule has 2 N–H and O–H groups in total. The van der Waals surface area contributed by atoms with E-state index in [4.69, 9.17) is 5.73 Å². The molecule has 0 unspecified atom stereocenters. The van der Waals surface area contributed by atoms with Crippen LogP contribution in [0.5, 0.6) is 0 Å². The minimum atomic E-state index is -0.248. The summed E-state index contributed by atoms with van der Waals surface area (Å²) in [7, 11) is 0. The van der Waals surface area contributed by atoms with Gasteiger partial charge in [-0.25, -0.2) is 9.37 Å². The Labute approximate surface area is 129 Å². The van der Waals surface area contributed by atoms with Crippen LogP contribution >= 0.6 is 43.2 Å². The van der Waals surface area contributed by atoms with Crippen molar-refractivity contribution >= 4 is 59.1 Å². The molecular formula is C13H7Br2FN2S.